The molecular weight excluding hydrogens is 666 g/mol. The first-order chi connectivity index (χ1) is 21.0. The predicted molar refractivity (Wildman–Crippen MR) is 178 cm³/mol. The molecule has 3 unspecified atom stereocenters. The molecule has 2 aromatic heterocycles. The molecule has 0 radical (unpaired) electrons. The molecule has 14 heteroatoms. The van der Waals surface area contributed by atoms with Crippen molar-refractivity contribution >= 4 is 85.2 Å². The van der Waals surface area contributed by atoms with E-state index in [-0.39, 0.29) is 35.7 Å². The van der Waals surface area contributed by atoms with Gasteiger partial charge in [-0.2, -0.15) is 0 Å². The first kappa shape index (κ1) is 30.8. The highest BCUT2D eigenvalue weighted by atomic mass is 35.5. The summed E-state index contributed by atoms with van der Waals surface area (Å²) < 4.78 is 24.6. The van der Waals surface area contributed by atoms with Crippen molar-refractivity contribution in [2.75, 3.05) is 34.6 Å². The first-order valence-electron chi connectivity index (χ1n) is 14.5. The minimum absolute atomic E-state index is 0.0399. The summed E-state index contributed by atoms with van der Waals surface area (Å²) in [5.41, 5.74) is 5.97. The normalized spacial score (nSPS) is 23.5. The van der Waals surface area contributed by atoms with Crippen LogP contribution in [-0.4, -0.2) is 63.4 Å². The van der Waals surface area contributed by atoms with Gasteiger partial charge < -0.3 is 29.3 Å². The number of aliphatic hydroxyl groups excluding tert-OH is 1. The minimum Gasteiger partial charge on any atom is -0.506 e. The van der Waals surface area contributed by atoms with Crippen LogP contribution in [0.4, 0.5) is 11.4 Å². The number of aryl methyl sites for hydroxylation is 2. The highest BCUT2D eigenvalue weighted by Crippen LogP contribution is 2.54. The number of hydrogen-bond donors (Lipinski definition) is 4. The topological polar surface area (TPSA) is 126 Å². The Morgan fingerprint density at radius 2 is 1.66 bits per heavy atom. The standard InChI is InChI=1S/C30H33Cl2N2O7PS2/c1-14-12-43-28-20(35)6-18-26(24(14)28)16(8-31)10-33(18)23(36)5-3-4-21-30(40-21)34-11-17(9-32)27-19(34)7-22(41-42(37,38)39)29-25(27)15(2)13-44-29/h6-7,12-13,16-17,21,23,30,35-36H,3-5,8-11H2,1-2H3,(H2,37,38,39)/t16-,17-,21?,23?,30?/m1/s1. The van der Waals surface area contributed by atoms with Crippen molar-refractivity contribution in [1.82, 2.24) is 0 Å². The number of phenols is 1. The number of alkyl halides is 2. The van der Waals surface area contributed by atoms with Gasteiger partial charge in [0, 0.05) is 71.0 Å². The number of phenolic OH excluding ortho intramolecular Hbond substituents is 1. The van der Waals surface area contributed by atoms with Gasteiger partial charge in [0.05, 0.1) is 9.40 Å². The van der Waals surface area contributed by atoms with Crippen LogP contribution in [0.15, 0.2) is 22.9 Å². The number of phosphoric acid groups is 1. The van der Waals surface area contributed by atoms with E-state index in [0.717, 1.165) is 61.9 Å². The van der Waals surface area contributed by atoms with Crippen molar-refractivity contribution in [3.63, 3.8) is 0 Å². The van der Waals surface area contributed by atoms with E-state index in [1.54, 1.807) is 12.1 Å². The lowest BCUT2D eigenvalue weighted by atomic mass is 9.97. The van der Waals surface area contributed by atoms with Crippen LogP contribution >= 0.6 is 53.7 Å². The van der Waals surface area contributed by atoms with Gasteiger partial charge >= 0.3 is 7.82 Å². The van der Waals surface area contributed by atoms with E-state index in [0.29, 0.717) is 36.0 Å². The highest BCUT2D eigenvalue weighted by Gasteiger charge is 2.48. The molecule has 7 rings (SSSR count). The van der Waals surface area contributed by atoms with Gasteiger partial charge in [0.2, 0.25) is 0 Å². The molecule has 0 aliphatic carbocycles. The van der Waals surface area contributed by atoms with Gasteiger partial charge in [-0.25, -0.2) is 4.57 Å². The van der Waals surface area contributed by atoms with Crippen molar-refractivity contribution in [2.45, 2.75) is 63.5 Å². The molecule has 9 nitrogen and oxygen atoms in total. The Hall–Kier alpha value is -1.79. The van der Waals surface area contributed by atoms with Crippen molar-refractivity contribution < 1.29 is 33.8 Å². The van der Waals surface area contributed by atoms with Crippen molar-refractivity contribution in [3.8, 4) is 11.5 Å². The molecule has 4 N–H and O–H groups in total. The lowest BCUT2D eigenvalue weighted by Gasteiger charge is -2.26. The third kappa shape index (κ3) is 5.18. The quantitative estimate of drug-likeness (QED) is 0.0779. The number of rotatable bonds is 10. The highest BCUT2D eigenvalue weighted by molar-refractivity contribution is 7.46. The number of thiophene rings is 2. The lowest BCUT2D eigenvalue weighted by Crippen LogP contribution is -2.34. The second-order valence-corrected chi connectivity index (χ2v) is 15.5. The number of aliphatic hydroxyl groups is 1. The summed E-state index contributed by atoms with van der Waals surface area (Å²) >= 11 is 15.7. The van der Waals surface area contributed by atoms with Crippen LogP contribution in [0.2, 0.25) is 0 Å². The van der Waals surface area contributed by atoms with E-state index < -0.39 is 14.1 Å². The molecule has 236 valence electrons. The summed E-state index contributed by atoms with van der Waals surface area (Å²) in [7, 11) is -4.76. The Balaban J connectivity index is 1.06. The third-order valence-corrected chi connectivity index (χ3v) is 12.5. The average Bonchev–Trinajstić information content (AvgIpc) is 3.27. The maximum atomic E-state index is 11.8. The molecule has 3 aliphatic rings. The van der Waals surface area contributed by atoms with Crippen LogP contribution in [0.1, 0.15) is 53.4 Å². The molecular formula is C30H33Cl2N2O7PS2. The summed E-state index contributed by atoms with van der Waals surface area (Å²) in [6.45, 7) is 5.25. The number of epoxide rings is 1. The van der Waals surface area contributed by atoms with E-state index in [2.05, 4.69) is 4.90 Å². The van der Waals surface area contributed by atoms with Crippen molar-refractivity contribution in [3.05, 3.63) is 45.1 Å². The van der Waals surface area contributed by atoms with Crippen LogP contribution in [0.3, 0.4) is 0 Å². The number of ether oxygens (including phenoxy) is 1. The van der Waals surface area contributed by atoms with Crippen LogP contribution in [0, 0.1) is 13.8 Å². The van der Waals surface area contributed by atoms with Gasteiger partial charge in [0.15, 0.2) is 12.0 Å². The number of phosphoric ester groups is 1. The average molecular weight is 700 g/mol. The maximum absolute atomic E-state index is 11.8. The summed E-state index contributed by atoms with van der Waals surface area (Å²) in [4.78, 5) is 23.2. The van der Waals surface area contributed by atoms with Gasteiger partial charge in [0.1, 0.15) is 18.1 Å². The minimum atomic E-state index is -4.76. The smallest absolute Gasteiger partial charge is 0.506 e. The van der Waals surface area contributed by atoms with Crippen LogP contribution in [0.25, 0.3) is 20.2 Å². The molecule has 1 fully saturated rings. The Labute approximate surface area is 272 Å². The van der Waals surface area contributed by atoms with Crippen molar-refractivity contribution in [1.29, 1.82) is 0 Å². The molecule has 2 aromatic carbocycles. The van der Waals surface area contributed by atoms with Gasteiger partial charge in [-0.15, -0.1) is 45.9 Å². The van der Waals surface area contributed by atoms with Gasteiger partial charge in [0.25, 0.3) is 0 Å². The molecule has 44 heavy (non-hydrogen) atoms. The van der Waals surface area contributed by atoms with E-state index in [1.165, 1.54) is 22.7 Å². The zero-order valence-corrected chi connectivity index (χ0v) is 28.1. The Morgan fingerprint density at radius 1 is 1.02 bits per heavy atom. The van der Waals surface area contributed by atoms with E-state index in [9.17, 15) is 24.6 Å². The van der Waals surface area contributed by atoms with E-state index in [1.807, 2.05) is 29.5 Å². The first-order valence-corrected chi connectivity index (χ1v) is 18.9. The number of hydrogen-bond acceptors (Lipinski definition) is 9. The zero-order valence-electron chi connectivity index (χ0n) is 24.1. The van der Waals surface area contributed by atoms with Gasteiger partial charge in [-0.1, -0.05) is 0 Å². The summed E-state index contributed by atoms with van der Waals surface area (Å²) in [5, 5.41) is 28.0. The molecule has 0 spiro atoms. The SMILES string of the molecule is Cc1csc2c(O)cc3c(c12)[C@H](CCl)CN3C(O)CCCC1OC1N1C[C@@H](CCl)c2c1cc(OP(=O)(O)O)c1scc(C)c21. The van der Waals surface area contributed by atoms with Gasteiger partial charge in [-0.3, -0.25) is 9.79 Å². The largest absolute Gasteiger partial charge is 0.524 e. The van der Waals surface area contributed by atoms with Crippen molar-refractivity contribution in [2.24, 2.45) is 0 Å². The number of benzene rings is 2. The molecule has 0 saturated carbocycles. The fraction of sp³-hybridized carbons (Fsp3) is 0.467. The number of nitrogens with zero attached hydrogens (tertiary/aromatic N) is 2. The van der Waals surface area contributed by atoms with Crippen LogP contribution in [-0.2, 0) is 9.30 Å². The fourth-order valence-corrected chi connectivity index (χ4v) is 10.1. The monoisotopic (exact) mass is 698 g/mol. The number of halogens is 2. The second-order valence-electron chi connectivity index (χ2n) is 11.9. The third-order valence-electron chi connectivity index (χ3n) is 9.07. The summed E-state index contributed by atoms with van der Waals surface area (Å²) in [5.74, 6) is 1.33. The molecule has 5 heterocycles. The number of fused-ring (bicyclic) bond motifs is 6. The predicted octanol–water partition coefficient (Wildman–Crippen LogP) is 7.11. The second kappa shape index (κ2) is 11.5. The molecule has 0 bridgehead atoms. The molecule has 3 aliphatic heterocycles. The van der Waals surface area contributed by atoms with Gasteiger partial charge in [-0.05, 0) is 66.1 Å². The summed E-state index contributed by atoms with van der Waals surface area (Å²) in [6, 6.07) is 3.47. The molecule has 0 amide bonds. The fourth-order valence-electron chi connectivity index (χ4n) is 7.13. The van der Waals surface area contributed by atoms with E-state index in [4.69, 9.17) is 32.5 Å². The number of anilines is 2. The van der Waals surface area contributed by atoms with Crippen LogP contribution in [0.5, 0.6) is 11.5 Å². The maximum Gasteiger partial charge on any atom is 0.524 e. The Morgan fingerprint density at radius 3 is 2.34 bits per heavy atom. The Bertz CT molecular complexity index is 1810. The number of aromatic hydroxyl groups is 1. The lowest BCUT2D eigenvalue weighted by molar-refractivity contribution is 0.155. The molecule has 1 saturated heterocycles. The van der Waals surface area contributed by atoms with E-state index >= 15 is 0 Å². The molecule has 4 aromatic rings. The summed E-state index contributed by atoms with van der Waals surface area (Å²) in [6.07, 6.45) is 1.01. The van der Waals surface area contributed by atoms with Crippen LogP contribution < -0.4 is 14.3 Å². The molecule has 5 atom stereocenters. The zero-order chi connectivity index (χ0) is 31.1. The Kier molecular flexibility index (Phi) is 8.04.